The number of aliphatic hydroxyl groups is 4. The van der Waals surface area contributed by atoms with Gasteiger partial charge in [-0.3, -0.25) is 28.8 Å². The molecule has 3 aliphatic heterocycles. The fourth-order valence-electron chi connectivity index (χ4n) is 5.19. The fraction of sp³-hybridized carbons (Fsp3) is 0.682. The zero-order valence-electron chi connectivity index (χ0n) is 21.3. The average Bonchev–Trinajstić information content (AvgIpc) is 3.29. The number of H-pyrrole nitrogens is 1. The molecule has 0 saturated carbocycles. The molecule has 4 heterocycles. The van der Waals surface area contributed by atoms with E-state index in [1.807, 2.05) is 4.98 Å². The molecule has 9 unspecified atom stereocenters. The Morgan fingerprint density at radius 3 is 2.35 bits per heavy atom. The lowest BCUT2D eigenvalue weighted by atomic mass is 9.97. The highest BCUT2D eigenvalue weighted by Gasteiger charge is 2.56. The first-order chi connectivity index (χ1) is 18.8. The van der Waals surface area contributed by atoms with Gasteiger partial charge < -0.3 is 50.4 Å². The summed E-state index contributed by atoms with van der Waals surface area (Å²) in [6.07, 6.45) is -13.5. The highest BCUT2D eigenvalue weighted by molar-refractivity contribution is 6.07. The number of Topliss-reactive ketones (excluding diaryl/α,β-unsaturated/α-hetero) is 1. The molecule has 3 fully saturated rings. The number of aliphatic carboxylic acids is 1. The van der Waals surface area contributed by atoms with Gasteiger partial charge in [0.15, 0.2) is 24.3 Å². The molecule has 18 heteroatoms. The van der Waals surface area contributed by atoms with Gasteiger partial charge in [0.05, 0.1) is 6.54 Å². The molecule has 3 saturated heterocycles. The maximum absolute atomic E-state index is 13.6. The summed E-state index contributed by atoms with van der Waals surface area (Å²) < 4.78 is 18.0. The second-order valence-corrected chi connectivity index (χ2v) is 9.87. The first kappa shape index (κ1) is 29.9. The number of amides is 1. The number of rotatable bonds is 7. The number of carboxylic acid groups (broad SMARTS) is 1. The van der Waals surface area contributed by atoms with Gasteiger partial charge in [-0.25, -0.2) is 9.59 Å². The predicted octanol–water partition coefficient (Wildman–Crippen LogP) is -6.26. The molecular formula is C22H31N5O13. The van der Waals surface area contributed by atoms with E-state index in [1.54, 1.807) is 0 Å². The molecule has 0 bridgehead atoms. The number of hydrogen-bond donors (Lipinski definition) is 7. The van der Waals surface area contributed by atoms with Crippen molar-refractivity contribution in [2.45, 2.75) is 67.3 Å². The predicted molar refractivity (Wildman–Crippen MR) is 127 cm³/mol. The lowest BCUT2D eigenvalue weighted by Crippen LogP contribution is -2.59. The maximum Gasteiger partial charge on any atom is 0.334 e. The molecule has 1 aromatic heterocycles. The van der Waals surface area contributed by atoms with Crippen LogP contribution >= 0.6 is 0 Å². The van der Waals surface area contributed by atoms with Crippen molar-refractivity contribution in [1.82, 2.24) is 19.4 Å². The topological polar surface area (TPSA) is 267 Å². The van der Waals surface area contributed by atoms with E-state index in [0.717, 1.165) is 28.8 Å². The Labute approximate surface area is 225 Å². The first-order valence-corrected chi connectivity index (χ1v) is 12.2. The van der Waals surface area contributed by atoms with Crippen LogP contribution in [0.1, 0.15) is 6.23 Å². The highest BCUT2D eigenvalue weighted by atomic mass is 16.7. The van der Waals surface area contributed by atoms with Gasteiger partial charge in [0, 0.05) is 25.9 Å². The SMILES string of the molecule is CN1C(=O)[C@H]([C@H](OC2OC(CN)C(O)C2O)C2OC(n3ccc(=O)[nH]c3=O)C(O)C2O)N(C)CC(=O)C1C(=O)O. The third kappa shape index (κ3) is 5.20. The third-order valence-electron chi connectivity index (χ3n) is 7.28. The van der Waals surface area contributed by atoms with Gasteiger partial charge in [0.2, 0.25) is 5.91 Å². The van der Waals surface area contributed by atoms with Crippen molar-refractivity contribution in [3.63, 3.8) is 0 Å². The Morgan fingerprint density at radius 2 is 1.77 bits per heavy atom. The number of aliphatic hydroxyl groups excluding tert-OH is 4. The van der Waals surface area contributed by atoms with Crippen molar-refractivity contribution in [1.29, 1.82) is 0 Å². The number of ether oxygens (including phenoxy) is 3. The van der Waals surface area contributed by atoms with Crippen LogP contribution in [0.2, 0.25) is 0 Å². The maximum atomic E-state index is 13.6. The number of carboxylic acids is 1. The van der Waals surface area contributed by atoms with Crippen LogP contribution < -0.4 is 17.0 Å². The Bertz CT molecular complexity index is 1250. The normalized spacial score (nSPS) is 38.0. The Balaban J connectivity index is 1.75. The molecule has 222 valence electrons. The number of aromatic nitrogens is 2. The second kappa shape index (κ2) is 11.4. The van der Waals surface area contributed by atoms with Crippen molar-refractivity contribution in [3.8, 4) is 0 Å². The Hall–Kier alpha value is -3.07. The van der Waals surface area contributed by atoms with Crippen LogP contribution in [0.4, 0.5) is 0 Å². The number of aromatic amines is 1. The number of carbonyl (C=O) groups excluding carboxylic acids is 2. The molecule has 0 radical (unpaired) electrons. The molecule has 18 nitrogen and oxygen atoms in total. The van der Waals surface area contributed by atoms with E-state index in [1.165, 1.54) is 7.05 Å². The zero-order chi connectivity index (χ0) is 29.6. The van der Waals surface area contributed by atoms with E-state index < -0.39 is 103 Å². The van der Waals surface area contributed by atoms with Gasteiger partial charge in [-0.15, -0.1) is 0 Å². The minimum absolute atomic E-state index is 0.221. The molecule has 1 aromatic rings. The average molecular weight is 574 g/mol. The summed E-state index contributed by atoms with van der Waals surface area (Å²) in [4.78, 5) is 65.7. The van der Waals surface area contributed by atoms with Crippen molar-refractivity contribution in [3.05, 3.63) is 33.1 Å². The first-order valence-electron chi connectivity index (χ1n) is 12.2. The van der Waals surface area contributed by atoms with E-state index >= 15 is 0 Å². The second-order valence-electron chi connectivity index (χ2n) is 9.87. The summed E-state index contributed by atoms with van der Waals surface area (Å²) in [6.45, 7) is -0.783. The number of carbonyl (C=O) groups is 3. The van der Waals surface area contributed by atoms with Crippen molar-refractivity contribution >= 4 is 17.7 Å². The lowest BCUT2D eigenvalue weighted by Gasteiger charge is -2.38. The number of nitrogens with zero attached hydrogens (tertiary/aromatic N) is 3. The summed E-state index contributed by atoms with van der Waals surface area (Å²) in [5.41, 5.74) is 3.84. The fourth-order valence-corrected chi connectivity index (χ4v) is 5.19. The molecule has 11 atom stereocenters. The summed E-state index contributed by atoms with van der Waals surface area (Å²) in [5, 5.41) is 52.2. The number of ketones is 1. The number of nitrogens with one attached hydrogen (secondary N) is 1. The largest absolute Gasteiger partial charge is 0.479 e. The van der Waals surface area contributed by atoms with Crippen LogP contribution in [-0.4, -0.2) is 151 Å². The van der Waals surface area contributed by atoms with Crippen LogP contribution in [0.15, 0.2) is 21.9 Å². The molecule has 1 amide bonds. The highest BCUT2D eigenvalue weighted by Crippen LogP contribution is 2.36. The molecule has 0 aromatic carbocycles. The van der Waals surface area contributed by atoms with E-state index in [4.69, 9.17) is 19.9 Å². The monoisotopic (exact) mass is 573 g/mol. The van der Waals surface area contributed by atoms with Gasteiger partial charge in [0.25, 0.3) is 5.56 Å². The van der Waals surface area contributed by atoms with Gasteiger partial charge >= 0.3 is 11.7 Å². The molecule has 3 aliphatic rings. The van der Waals surface area contributed by atoms with Crippen molar-refractivity contribution in [2.24, 2.45) is 5.73 Å². The van der Waals surface area contributed by atoms with Gasteiger partial charge in [-0.2, -0.15) is 0 Å². The lowest BCUT2D eigenvalue weighted by molar-refractivity contribution is -0.233. The third-order valence-corrected chi connectivity index (χ3v) is 7.28. The standard InChI is InChI=1S/C22H31N5O13/c1-25-6-7(28)10(20(35)36)26(2)18(34)11(25)16(40-21-15(33)12(30)8(5-23)38-21)17-13(31)14(32)19(39-17)27-4-3-9(29)24-22(27)37/h3-4,8,10-17,19,21,30-33H,5-6,23H2,1-2H3,(H,35,36)(H,24,29,37)/t8?,10?,11-,12?,13?,14?,15?,16-,17?,19?,21?/m0/s1. The number of nitrogens with two attached hydrogens (primary N) is 1. The molecule has 0 spiro atoms. The summed E-state index contributed by atoms with van der Waals surface area (Å²) in [6, 6.07) is -2.44. The van der Waals surface area contributed by atoms with E-state index in [2.05, 4.69) is 0 Å². The molecule has 0 aliphatic carbocycles. The Morgan fingerprint density at radius 1 is 1.10 bits per heavy atom. The van der Waals surface area contributed by atoms with E-state index in [0.29, 0.717) is 4.90 Å². The van der Waals surface area contributed by atoms with Crippen molar-refractivity contribution in [2.75, 3.05) is 27.2 Å². The van der Waals surface area contributed by atoms with Crippen LogP contribution in [0.5, 0.6) is 0 Å². The van der Waals surface area contributed by atoms with Crippen LogP contribution in [0.25, 0.3) is 0 Å². The van der Waals surface area contributed by atoms with Crippen LogP contribution in [-0.2, 0) is 28.6 Å². The van der Waals surface area contributed by atoms with Crippen LogP contribution in [0, 0.1) is 0 Å². The summed E-state index contributed by atoms with van der Waals surface area (Å²) in [7, 11) is 2.39. The van der Waals surface area contributed by atoms with Crippen molar-refractivity contribution < 1.29 is 54.1 Å². The summed E-state index contributed by atoms with van der Waals surface area (Å²) in [5.74, 6) is -3.38. The van der Waals surface area contributed by atoms with Gasteiger partial charge in [-0.05, 0) is 7.05 Å². The van der Waals surface area contributed by atoms with E-state index in [9.17, 15) is 49.5 Å². The number of likely N-dealkylation sites (N-methyl/N-ethyl adjacent to an activating group) is 2. The minimum Gasteiger partial charge on any atom is -0.479 e. The zero-order valence-corrected chi connectivity index (χ0v) is 21.3. The number of hydrogen-bond acceptors (Lipinski definition) is 14. The van der Waals surface area contributed by atoms with Gasteiger partial charge in [0.1, 0.15) is 48.8 Å². The quantitative estimate of drug-likeness (QED) is 0.150. The molecule has 40 heavy (non-hydrogen) atoms. The molecule has 4 rings (SSSR count). The van der Waals surface area contributed by atoms with E-state index in [-0.39, 0.29) is 6.54 Å². The van der Waals surface area contributed by atoms with Crippen LogP contribution in [0.3, 0.4) is 0 Å². The molecular weight excluding hydrogens is 542 g/mol. The molecule has 8 N–H and O–H groups in total. The van der Waals surface area contributed by atoms with Gasteiger partial charge in [-0.1, -0.05) is 0 Å². The minimum atomic E-state index is -1.86. The smallest absolute Gasteiger partial charge is 0.334 e. The Kier molecular flexibility index (Phi) is 8.54. The summed E-state index contributed by atoms with van der Waals surface area (Å²) >= 11 is 0.